The zero-order valence-corrected chi connectivity index (χ0v) is 18.7. The van der Waals surface area contributed by atoms with Crippen LogP contribution in [-0.2, 0) is 14.8 Å². The van der Waals surface area contributed by atoms with Gasteiger partial charge in [-0.2, -0.15) is 0 Å². The van der Waals surface area contributed by atoms with Crippen molar-refractivity contribution >= 4 is 21.6 Å². The normalized spacial score (nSPS) is 11.3. The molecule has 0 saturated heterocycles. The summed E-state index contributed by atoms with van der Waals surface area (Å²) in [6.45, 7) is 2.03. The highest BCUT2D eigenvalue weighted by Gasteiger charge is 2.22. The summed E-state index contributed by atoms with van der Waals surface area (Å²) < 4.78 is 25.8. The molecule has 1 amide bonds. The summed E-state index contributed by atoms with van der Waals surface area (Å²) in [5.41, 5.74) is 3.68. The summed E-state index contributed by atoms with van der Waals surface area (Å²) in [6.07, 6.45) is 1.83. The first-order valence-corrected chi connectivity index (χ1v) is 12.1. The minimum atomic E-state index is -3.59. The number of aryl methyl sites for hydroxylation is 1. The molecule has 5 nitrogen and oxygen atoms in total. The smallest absolute Gasteiger partial charge is 0.240 e. The highest BCUT2D eigenvalue weighted by Crippen LogP contribution is 2.27. The number of benzene rings is 3. The van der Waals surface area contributed by atoms with Gasteiger partial charge < -0.3 is 5.32 Å². The fourth-order valence-electron chi connectivity index (χ4n) is 3.66. The second-order valence-electron chi connectivity index (χ2n) is 7.57. The van der Waals surface area contributed by atoms with Crippen LogP contribution in [0.4, 0.5) is 5.69 Å². The molecule has 0 radical (unpaired) electrons. The van der Waals surface area contributed by atoms with E-state index in [-0.39, 0.29) is 18.4 Å². The van der Waals surface area contributed by atoms with Crippen molar-refractivity contribution in [3.05, 3.63) is 102 Å². The Bertz CT molecular complexity index is 1060. The number of hydrogen-bond acceptors (Lipinski definition) is 3. The van der Waals surface area contributed by atoms with Crippen LogP contribution in [0, 0.1) is 6.92 Å². The fraction of sp³-hybridized carbons (Fsp3) is 0.240. The third kappa shape index (κ3) is 6.18. The molecule has 0 aliphatic carbocycles. The second-order valence-corrected chi connectivity index (χ2v) is 9.48. The van der Waals surface area contributed by atoms with Crippen LogP contribution < -0.4 is 9.62 Å². The standard InChI is InChI=1S/C25H28N2O3S/c1-20-11-9-10-16-24(20)27(31(2,29)30)19-25(28)26-18-17-23(21-12-5-3-6-13-21)22-14-7-4-8-15-22/h3-16,23H,17-19H2,1-2H3,(H,26,28). The number of sulfonamides is 1. The Labute approximate surface area is 184 Å². The Balaban J connectivity index is 1.68. The van der Waals surface area contributed by atoms with Gasteiger partial charge in [0.1, 0.15) is 6.54 Å². The minimum absolute atomic E-state index is 0.144. The summed E-state index contributed by atoms with van der Waals surface area (Å²) in [6, 6.07) is 27.5. The lowest BCUT2D eigenvalue weighted by atomic mass is 9.88. The van der Waals surface area contributed by atoms with Crippen LogP contribution in [0.3, 0.4) is 0 Å². The summed E-state index contributed by atoms with van der Waals surface area (Å²) in [5.74, 6) is -0.182. The molecule has 31 heavy (non-hydrogen) atoms. The Morgan fingerprint density at radius 1 is 0.871 bits per heavy atom. The van der Waals surface area contributed by atoms with Gasteiger partial charge in [-0.1, -0.05) is 78.9 Å². The van der Waals surface area contributed by atoms with Crippen LogP contribution in [0.25, 0.3) is 0 Å². The molecule has 0 atom stereocenters. The number of nitrogens with zero attached hydrogens (tertiary/aromatic N) is 1. The van der Waals surface area contributed by atoms with E-state index in [1.165, 1.54) is 11.1 Å². The molecule has 0 aliphatic heterocycles. The van der Waals surface area contributed by atoms with E-state index in [1.807, 2.05) is 55.5 Å². The molecule has 3 rings (SSSR count). The molecule has 0 fully saturated rings. The summed E-state index contributed by atoms with van der Waals surface area (Å²) in [5, 5.41) is 2.90. The first-order valence-electron chi connectivity index (χ1n) is 10.3. The van der Waals surface area contributed by atoms with Gasteiger partial charge in [0, 0.05) is 12.5 Å². The van der Waals surface area contributed by atoms with E-state index in [1.54, 1.807) is 12.1 Å². The number of amides is 1. The number of para-hydroxylation sites is 1. The van der Waals surface area contributed by atoms with E-state index < -0.39 is 10.0 Å². The van der Waals surface area contributed by atoms with Crippen molar-refractivity contribution in [3.63, 3.8) is 0 Å². The lowest BCUT2D eigenvalue weighted by Crippen LogP contribution is -2.41. The van der Waals surface area contributed by atoms with Gasteiger partial charge in [-0.25, -0.2) is 8.42 Å². The van der Waals surface area contributed by atoms with Gasteiger partial charge in [-0.15, -0.1) is 0 Å². The van der Waals surface area contributed by atoms with Gasteiger partial charge in [0.2, 0.25) is 15.9 Å². The molecular formula is C25H28N2O3S. The van der Waals surface area contributed by atoms with Crippen molar-refractivity contribution in [1.29, 1.82) is 0 Å². The lowest BCUT2D eigenvalue weighted by molar-refractivity contribution is -0.119. The molecule has 0 saturated carbocycles. The molecule has 0 bridgehead atoms. The lowest BCUT2D eigenvalue weighted by Gasteiger charge is -2.24. The highest BCUT2D eigenvalue weighted by atomic mass is 32.2. The number of carbonyl (C=O) groups excluding carboxylic acids is 1. The molecule has 0 aliphatic rings. The minimum Gasteiger partial charge on any atom is -0.354 e. The van der Waals surface area contributed by atoms with Crippen molar-refractivity contribution in [1.82, 2.24) is 5.32 Å². The molecule has 0 unspecified atom stereocenters. The molecule has 6 heteroatoms. The second kappa shape index (κ2) is 10.3. The number of carbonyl (C=O) groups is 1. The van der Waals surface area contributed by atoms with Gasteiger partial charge >= 0.3 is 0 Å². The number of rotatable bonds is 9. The van der Waals surface area contributed by atoms with E-state index in [0.717, 1.165) is 16.1 Å². The van der Waals surface area contributed by atoms with Gasteiger partial charge in [0.15, 0.2) is 0 Å². The SMILES string of the molecule is Cc1ccccc1N(CC(=O)NCCC(c1ccccc1)c1ccccc1)S(C)(=O)=O. The van der Waals surface area contributed by atoms with Crippen molar-refractivity contribution in [2.75, 3.05) is 23.7 Å². The molecule has 0 heterocycles. The van der Waals surface area contributed by atoms with Gasteiger partial charge in [-0.05, 0) is 36.1 Å². The fourth-order valence-corrected chi connectivity index (χ4v) is 4.58. The quantitative estimate of drug-likeness (QED) is 0.549. The highest BCUT2D eigenvalue weighted by molar-refractivity contribution is 7.92. The van der Waals surface area contributed by atoms with Crippen LogP contribution >= 0.6 is 0 Å². The number of anilines is 1. The average molecular weight is 437 g/mol. The predicted octanol–water partition coefficient (Wildman–Crippen LogP) is 4.10. The van der Waals surface area contributed by atoms with Crippen LogP contribution in [0.1, 0.15) is 29.0 Å². The van der Waals surface area contributed by atoms with E-state index in [2.05, 4.69) is 29.6 Å². The topological polar surface area (TPSA) is 66.5 Å². The average Bonchev–Trinajstić information content (AvgIpc) is 2.76. The summed E-state index contributed by atoms with van der Waals surface area (Å²) >= 11 is 0. The zero-order chi connectivity index (χ0) is 22.3. The maximum absolute atomic E-state index is 12.6. The number of hydrogen-bond donors (Lipinski definition) is 1. The van der Waals surface area contributed by atoms with Crippen LogP contribution in [-0.4, -0.2) is 33.7 Å². The van der Waals surface area contributed by atoms with Crippen molar-refractivity contribution in [2.24, 2.45) is 0 Å². The first-order chi connectivity index (χ1) is 14.9. The Kier molecular flexibility index (Phi) is 7.47. The monoisotopic (exact) mass is 436 g/mol. The Hall–Kier alpha value is -3.12. The Morgan fingerprint density at radius 2 is 1.39 bits per heavy atom. The van der Waals surface area contributed by atoms with E-state index in [4.69, 9.17) is 0 Å². The zero-order valence-electron chi connectivity index (χ0n) is 17.9. The van der Waals surface area contributed by atoms with Crippen molar-refractivity contribution in [2.45, 2.75) is 19.3 Å². The maximum atomic E-state index is 12.6. The van der Waals surface area contributed by atoms with Gasteiger partial charge in [0.25, 0.3) is 0 Å². The predicted molar refractivity (Wildman–Crippen MR) is 126 cm³/mol. The molecule has 3 aromatic rings. The summed E-state index contributed by atoms with van der Waals surface area (Å²) in [7, 11) is -3.59. The van der Waals surface area contributed by atoms with Crippen molar-refractivity contribution in [3.8, 4) is 0 Å². The third-order valence-electron chi connectivity index (χ3n) is 5.23. The number of nitrogens with one attached hydrogen (secondary N) is 1. The molecule has 3 aromatic carbocycles. The molecule has 1 N–H and O–H groups in total. The van der Waals surface area contributed by atoms with E-state index in [9.17, 15) is 13.2 Å². The molecule has 0 aromatic heterocycles. The maximum Gasteiger partial charge on any atom is 0.240 e. The van der Waals surface area contributed by atoms with E-state index in [0.29, 0.717) is 18.7 Å². The van der Waals surface area contributed by atoms with Crippen LogP contribution in [0.2, 0.25) is 0 Å². The van der Waals surface area contributed by atoms with Crippen LogP contribution in [0.15, 0.2) is 84.9 Å². The Morgan fingerprint density at radius 3 is 1.90 bits per heavy atom. The first kappa shape index (κ1) is 22.6. The molecule has 0 spiro atoms. The summed E-state index contributed by atoms with van der Waals surface area (Å²) in [4.78, 5) is 12.6. The van der Waals surface area contributed by atoms with Gasteiger partial charge in [0.05, 0.1) is 11.9 Å². The largest absolute Gasteiger partial charge is 0.354 e. The van der Waals surface area contributed by atoms with E-state index >= 15 is 0 Å². The van der Waals surface area contributed by atoms with Crippen LogP contribution in [0.5, 0.6) is 0 Å². The third-order valence-corrected chi connectivity index (χ3v) is 6.36. The molecular weight excluding hydrogens is 408 g/mol. The molecule has 162 valence electrons. The van der Waals surface area contributed by atoms with Gasteiger partial charge in [-0.3, -0.25) is 9.10 Å². The van der Waals surface area contributed by atoms with Crippen molar-refractivity contribution < 1.29 is 13.2 Å².